The zero-order chi connectivity index (χ0) is 16.3. The molecule has 0 atom stereocenters. The number of ether oxygens (including phenoxy) is 1. The van der Waals surface area contributed by atoms with Gasteiger partial charge in [-0.2, -0.15) is 0 Å². The van der Waals surface area contributed by atoms with Gasteiger partial charge in [-0.25, -0.2) is 9.78 Å². The van der Waals surface area contributed by atoms with Crippen molar-refractivity contribution in [2.24, 2.45) is 0 Å². The Labute approximate surface area is 133 Å². The Morgan fingerprint density at radius 1 is 1.27 bits per heavy atom. The molecule has 0 aliphatic rings. The molecule has 0 aliphatic heterocycles. The molecule has 0 fully saturated rings. The van der Waals surface area contributed by atoms with Crippen molar-refractivity contribution < 1.29 is 14.3 Å². The van der Waals surface area contributed by atoms with Crippen LogP contribution in [-0.4, -0.2) is 23.5 Å². The summed E-state index contributed by atoms with van der Waals surface area (Å²) in [4.78, 5) is 28.7. The molecule has 0 saturated heterocycles. The number of rotatable bonds is 4. The summed E-state index contributed by atoms with van der Waals surface area (Å²) >= 11 is 1.12. The van der Waals surface area contributed by atoms with Gasteiger partial charge in [-0.05, 0) is 39.3 Å². The van der Waals surface area contributed by atoms with E-state index in [9.17, 15) is 9.59 Å². The lowest BCUT2D eigenvalue weighted by molar-refractivity contribution is 0.0531. The fraction of sp³-hybridized carbons (Fsp3) is 0.312. The molecule has 0 unspecified atom stereocenters. The standard InChI is InChI=1S/C16H18N2O3S/c1-5-21-15(20)13-11(4)17-16(22-13)18-14(19)12-7-6-9(2)8-10(12)3/h6-8H,5H2,1-4H3,(H,17,18,19). The number of benzene rings is 1. The van der Waals surface area contributed by atoms with E-state index in [1.54, 1.807) is 19.9 Å². The van der Waals surface area contributed by atoms with Crippen molar-refractivity contribution in [1.82, 2.24) is 4.98 Å². The molecule has 0 saturated carbocycles. The predicted octanol–water partition coefficient (Wildman–Crippen LogP) is 3.50. The summed E-state index contributed by atoms with van der Waals surface area (Å²) in [6.45, 7) is 7.64. The molecule has 22 heavy (non-hydrogen) atoms. The Balaban J connectivity index is 2.18. The van der Waals surface area contributed by atoms with Crippen LogP contribution in [0.5, 0.6) is 0 Å². The zero-order valence-electron chi connectivity index (χ0n) is 13.0. The fourth-order valence-electron chi connectivity index (χ4n) is 2.07. The number of aryl methyl sites for hydroxylation is 3. The molecule has 0 spiro atoms. The van der Waals surface area contributed by atoms with Gasteiger partial charge in [0.05, 0.1) is 12.3 Å². The van der Waals surface area contributed by atoms with E-state index < -0.39 is 5.97 Å². The SMILES string of the molecule is CCOC(=O)c1sc(NC(=O)c2ccc(C)cc2C)nc1C. The van der Waals surface area contributed by atoms with Crippen LogP contribution in [0.15, 0.2) is 18.2 Å². The molecule has 1 amide bonds. The van der Waals surface area contributed by atoms with Gasteiger partial charge in [-0.3, -0.25) is 10.1 Å². The first-order valence-corrected chi connectivity index (χ1v) is 7.77. The number of carbonyl (C=O) groups is 2. The van der Waals surface area contributed by atoms with E-state index in [0.29, 0.717) is 27.9 Å². The first kappa shape index (κ1) is 16.2. The van der Waals surface area contributed by atoms with Crippen molar-refractivity contribution >= 4 is 28.3 Å². The third-order valence-electron chi connectivity index (χ3n) is 3.10. The number of thiazole rings is 1. The molecular weight excluding hydrogens is 300 g/mol. The van der Waals surface area contributed by atoms with Crippen LogP contribution in [-0.2, 0) is 4.74 Å². The molecule has 0 aliphatic carbocycles. The maximum atomic E-state index is 12.3. The van der Waals surface area contributed by atoms with E-state index in [1.165, 1.54) is 0 Å². The van der Waals surface area contributed by atoms with Gasteiger partial charge < -0.3 is 4.74 Å². The van der Waals surface area contributed by atoms with E-state index in [2.05, 4.69) is 10.3 Å². The van der Waals surface area contributed by atoms with Crippen molar-refractivity contribution in [3.8, 4) is 0 Å². The number of carbonyl (C=O) groups excluding carboxylic acids is 2. The minimum atomic E-state index is -0.412. The minimum Gasteiger partial charge on any atom is -0.462 e. The highest BCUT2D eigenvalue weighted by molar-refractivity contribution is 7.17. The van der Waals surface area contributed by atoms with Gasteiger partial charge in [0.2, 0.25) is 0 Å². The van der Waals surface area contributed by atoms with E-state index in [4.69, 9.17) is 4.74 Å². The van der Waals surface area contributed by atoms with Gasteiger partial charge in [0.15, 0.2) is 5.13 Å². The molecule has 2 aromatic rings. The van der Waals surface area contributed by atoms with Crippen LogP contribution in [0.2, 0.25) is 0 Å². The number of hydrogen-bond donors (Lipinski definition) is 1. The summed E-state index contributed by atoms with van der Waals surface area (Å²) in [5.74, 6) is -0.647. The van der Waals surface area contributed by atoms with Gasteiger partial charge in [-0.1, -0.05) is 29.0 Å². The molecule has 1 heterocycles. The maximum absolute atomic E-state index is 12.3. The lowest BCUT2D eigenvalue weighted by Gasteiger charge is -2.06. The van der Waals surface area contributed by atoms with Crippen molar-refractivity contribution in [2.45, 2.75) is 27.7 Å². The van der Waals surface area contributed by atoms with E-state index in [-0.39, 0.29) is 5.91 Å². The number of esters is 1. The molecule has 6 heteroatoms. The molecule has 2 rings (SSSR count). The van der Waals surface area contributed by atoms with Crippen LogP contribution in [0.4, 0.5) is 5.13 Å². The second-order valence-electron chi connectivity index (χ2n) is 4.93. The lowest BCUT2D eigenvalue weighted by atomic mass is 10.1. The average molecular weight is 318 g/mol. The largest absolute Gasteiger partial charge is 0.462 e. The number of nitrogens with one attached hydrogen (secondary N) is 1. The first-order valence-electron chi connectivity index (χ1n) is 6.95. The topological polar surface area (TPSA) is 68.3 Å². The van der Waals surface area contributed by atoms with Crippen LogP contribution in [0.1, 0.15) is 43.8 Å². The van der Waals surface area contributed by atoms with Gasteiger partial charge >= 0.3 is 5.97 Å². The predicted molar refractivity (Wildman–Crippen MR) is 86.7 cm³/mol. The third-order valence-corrected chi connectivity index (χ3v) is 4.16. The highest BCUT2D eigenvalue weighted by atomic mass is 32.1. The second kappa shape index (κ2) is 6.70. The summed E-state index contributed by atoms with van der Waals surface area (Å²) in [5, 5.41) is 3.13. The van der Waals surface area contributed by atoms with Gasteiger partial charge in [-0.15, -0.1) is 0 Å². The monoisotopic (exact) mass is 318 g/mol. The van der Waals surface area contributed by atoms with Crippen molar-refractivity contribution in [3.05, 3.63) is 45.5 Å². The molecule has 116 valence electrons. The summed E-state index contributed by atoms with van der Waals surface area (Å²) < 4.78 is 4.96. The normalized spacial score (nSPS) is 10.4. The van der Waals surface area contributed by atoms with Crippen LogP contribution in [0.3, 0.4) is 0 Å². The minimum absolute atomic E-state index is 0.235. The molecule has 1 N–H and O–H groups in total. The van der Waals surface area contributed by atoms with Crippen LogP contribution in [0, 0.1) is 20.8 Å². The van der Waals surface area contributed by atoms with E-state index in [1.807, 2.05) is 26.0 Å². The third kappa shape index (κ3) is 3.51. The highest BCUT2D eigenvalue weighted by Crippen LogP contribution is 2.24. The van der Waals surface area contributed by atoms with E-state index in [0.717, 1.165) is 22.5 Å². The summed E-state index contributed by atoms with van der Waals surface area (Å²) in [5.41, 5.74) is 3.15. The Morgan fingerprint density at radius 3 is 2.64 bits per heavy atom. The highest BCUT2D eigenvalue weighted by Gasteiger charge is 2.18. The first-order chi connectivity index (χ1) is 10.4. The summed E-state index contributed by atoms with van der Waals surface area (Å²) in [6.07, 6.45) is 0. The number of amides is 1. The van der Waals surface area contributed by atoms with Crippen molar-refractivity contribution in [3.63, 3.8) is 0 Å². The summed E-state index contributed by atoms with van der Waals surface area (Å²) in [6, 6.07) is 5.62. The van der Waals surface area contributed by atoms with Gasteiger partial charge in [0.25, 0.3) is 5.91 Å². The average Bonchev–Trinajstić information content (AvgIpc) is 2.79. The second-order valence-corrected chi connectivity index (χ2v) is 5.93. The Kier molecular flexibility index (Phi) is 4.92. The van der Waals surface area contributed by atoms with Crippen LogP contribution < -0.4 is 5.32 Å². The zero-order valence-corrected chi connectivity index (χ0v) is 13.8. The van der Waals surface area contributed by atoms with Gasteiger partial charge in [0, 0.05) is 5.56 Å². The molecule has 0 bridgehead atoms. The fourth-order valence-corrected chi connectivity index (χ4v) is 2.92. The molecule has 1 aromatic heterocycles. The smallest absolute Gasteiger partial charge is 0.350 e. The number of nitrogens with zero attached hydrogens (tertiary/aromatic N) is 1. The Bertz CT molecular complexity index is 722. The Morgan fingerprint density at radius 2 is 2.00 bits per heavy atom. The lowest BCUT2D eigenvalue weighted by Crippen LogP contribution is -2.13. The van der Waals surface area contributed by atoms with Crippen molar-refractivity contribution in [1.29, 1.82) is 0 Å². The summed E-state index contributed by atoms with van der Waals surface area (Å²) in [7, 11) is 0. The van der Waals surface area contributed by atoms with E-state index >= 15 is 0 Å². The van der Waals surface area contributed by atoms with Crippen LogP contribution in [0.25, 0.3) is 0 Å². The molecule has 5 nitrogen and oxygen atoms in total. The number of aromatic nitrogens is 1. The molecular formula is C16H18N2O3S. The Hall–Kier alpha value is -2.21. The van der Waals surface area contributed by atoms with Crippen molar-refractivity contribution in [2.75, 3.05) is 11.9 Å². The number of anilines is 1. The maximum Gasteiger partial charge on any atom is 0.350 e. The quantitative estimate of drug-likeness (QED) is 0.876. The van der Waals surface area contributed by atoms with Crippen LogP contribution >= 0.6 is 11.3 Å². The van der Waals surface area contributed by atoms with Gasteiger partial charge in [0.1, 0.15) is 4.88 Å². The number of hydrogen-bond acceptors (Lipinski definition) is 5. The molecule has 0 radical (unpaired) electrons. The molecule has 1 aromatic carbocycles.